The first kappa shape index (κ1) is 15.5. The molecular formula is C15H19BrClN3. The molecule has 0 fully saturated rings. The van der Waals surface area contributed by atoms with Crippen molar-refractivity contribution in [3.63, 3.8) is 0 Å². The molecule has 1 aromatic carbocycles. The predicted octanol–water partition coefficient (Wildman–Crippen LogP) is 4.21. The topological polar surface area (TPSA) is 29.9 Å². The number of nitrogens with one attached hydrogen (secondary N) is 1. The molecule has 1 heterocycles. The van der Waals surface area contributed by atoms with E-state index in [0.29, 0.717) is 0 Å². The molecule has 0 aliphatic carbocycles. The van der Waals surface area contributed by atoms with E-state index in [1.54, 1.807) is 0 Å². The maximum Gasteiger partial charge on any atom is 0.0595 e. The summed E-state index contributed by atoms with van der Waals surface area (Å²) in [7, 11) is 0. The lowest BCUT2D eigenvalue weighted by Crippen LogP contribution is -2.23. The number of nitrogens with zero attached hydrogens (tertiary/aromatic N) is 2. The van der Waals surface area contributed by atoms with Crippen molar-refractivity contribution in [2.75, 3.05) is 6.54 Å². The molecular weight excluding hydrogens is 338 g/mol. The fraction of sp³-hybridized carbons (Fsp3) is 0.400. The zero-order chi connectivity index (χ0) is 14.5. The van der Waals surface area contributed by atoms with Gasteiger partial charge in [-0.1, -0.05) is 30.7 Å². The maximum absolute atomic E-state index is 6.41. The lowest BCUT2D eigenvalue weighted by molar-refractivity contribution is 0.549. The largest absolute Gasteiger partial charge is 0.310 e. The number of aryl methyl sites for hydroxylation is 1. The minimum Gasteiger partial charge on any atom is -0.310 e. The fourth-order valence-corrected chi connectivity index (χ4v) is 2.89. The Morgan fingerprint density at radius 3 is 2.85 bits per heavy atom. The number of hydrogen-bond donors (Lipinski definition) is 1. The Hall–Kier alpha value is -0.840. The quantitative estimate of drug-likeness (QED) is 0.840. The molecule has 108 valence electrons. The molecule has 0 amide bonds. The van der Waals surface area contributed by atoms with Crippen LogP contribution in [0.25, 0.3) is 0 Å². The van der Waals surface area contributed by atoms with E-state index in [-0.39, 0.29) is 6.04 Å². The number of likely N-dealkylation sites (N-methyl/N-ethyl adjacent to an activating group) is 1. The predicted molar refractivity (Wildman–Crippen MR) is 87.2 cm³/mol. The molecule has 5 heteroatoms. The molecule has 1 unspecified atom stereocenters. The summed E-state index contributed by atoms with van der Waals surface area (Å²) in [6.45, 7) is 5.98. The molecule has 1 N–H and O–H groups in total. The first-order chi connectivity index (χ1) is 9.65. The molecule has 20 heavy (non-hydrogen) atoms. The van der Waals surface area contributed by atoms with Crippen LogP contribution < -0.4 is 5.32 Å². The van der Waals surface area contributed by atoms with Gasteiger partial charge in [0.2, 0.25) is 0 Å². The second kappa shape index (κ2) is 7.25. The summed E-state index contributed by atoms with van der Waals surface area (Å²) < 4.78 is 2.88. The smallest absolute Gasteiger partial charge is 0.0595 e. The monoisotopic (exact) mass is 355 g/mol. The number of rotatable bonds is 6. The van der Waals surface area contributed by atoms with E-state index in [1.807, 2.05) is 23.0 Å². The molecule has 0 bridgehead atoms. The van der Waals surface area contributed by atoms with Crippen LogP contribution in [0.1, 0.15) is 31.0 Å². The van der Waals surface area contributed by atoms with Crippen LogP contribution in [-0.2, 0) is 13.0 Å². The van der Waals surface area contributed by atoms with Gasteiger partial charge in [-0.15, -0.1) is 0 Å². The van der Waals surface area contributed by atoms with E-state index in [1.165, 1.54) is 5.56 Å². The summed E-state index contributed by atoms with van der Waals surface area (Å²) in [6.07, 6.45) is 4.90. The second-order valence-corrected chi connectivity index (χ2v) is 5.89. The van der Waals surface area contributed by atoms with Crippen LogP contribution in [-0.4, -0.2) is 16.3 Å². The van der Waals surface area contributed by atoms with Gasteiger partial charge in [-0.25, -0.2) is 0 Å². The van der Waals surface area contributed by atoms with Gasteiger partial charge in [0.15, 0.2) is 0 Å². The first-order valence-corrected chi connectivity index (χ1v) is 8.01. The minimum atomic E-state index is 0.194. The van der Waals surface area contributed by atoms with Crippen LogP contribution in [0.3, 0.4) is 0 Å². The average molecular weight is 357 g/mol. The molecule has 0 saturated heterocycles. The first-order valence-electron chi connectivity index (χ1n) is 6.84. The molecule has 3 nitrogen and oxygen atoms in total. The van der Waals surface area contributed by atoms with Gasteiger partial charge in [0.1, 0.15) is 0 Å². The lowest BCUT2D eigenvalue weighted by atomic mass is 10.0. The Bertz CT molecular complexity index is 568. The van der Waals surface area contributed by atoms with Crippen LogP contribution in [0.15, 0.2) is 35.1 Å². The van der Waals surface area contributed by atoms with Gasteiger partial charge in [0.25, 0.3) is 0 Å². The van der Waals surface area contributed by atoms with Crippen molar-refractivity contribution in [2.24, 2.45) is 0 Å². The molecule has 0 saturated carbocycles. The standard InChI is InChI=1S/C15H19BrClN3/c1-3-18-14(8-11-9-19-20(4-2)10-11)12-6-5-7-13(16)15(12)17/h5-7,9-10,14,18H,3-4,8H2,1-2H3. The summed E-state index contributed by atoms with van der Waals surface area (Å²) in [5.74, 6) is 0. The maximum atomic E-state index is 6.41. The highest BCUT2D eigenvalue weighted by atomic mass is 79.9. The van der Waals surface area contributed by atoms with Crippen LogP contribution in [0.5, 0.6) is 0 Å². The summed E-state index contributed by atoms with van der Waals surface area (Å²) in [5.41, 5.74) is 2.33. The summed E-state index contributed by atoms with van der Waals surface area (Å²) in [4.78, 5) is 0. The van der Waals surface area contributed by atoms with Crippen LogP contribution >= 0.6 is 27.5 Å². The normalized spacial score (nSPS) is 12.6. The lowest BCUT2D eigenvalue weighted by Gasteiger charge is -2.19. The van der Waals surface area contributed by atoms with E-state index >= 15 is 0 Å². The third-order valence-electron chi connectivity index (χ3n) is 3.26. The SMILES string of the molecule is CCNC(Cc1cnn(CC)c1)c1cccc(Br)c1Cl. The van der Waals surface area contributed by atoms with Crippen LogP contribution in [0, 0.1) is 0 Å². The van der Waals surface area contributed by atoms with Crippen LogP contribution in [0.4, 0.5) is 0 Å². The molecule has 2 rings (SSSR count). The summed E-state index contributed by atoms with van der Waals surface area (Å²) in [6, 6.07) is 6.25. The van der Waals surface area contributed by atoms with E-state index in [4.69, 9.17) is 11.6 Å². The van der Waals surface area contributed by atoms with E-state index < -0.39 is 0 Å². The van der Waals surface area contributed by atoms with Gasteiger partial charge in [-0.3, -0.25) is 4.68 Å². The number of benzene rings is 1. The molecule has 0 spiro atoms. The van der Waals surface area contributed by atoms with Gasteiger partial charge in [-0.2, -0.15) is 5.10 Å². The van der Waals surface area contributed by atoms with Crippen molar-refractivity contribution in [3.05, 3.63) is 51.2 Å². The Labute approximate surface area is 133 Å². The van der Waals surface area contributed by atoms with Gasteiger partial charge in [0, 0.05) is 23.3 Å². The van der Waals surface area contributed by atoms with Gasteiger partial charge >= 0.3 is 0 Å². The molecule has 2 aromatic rings. The van der Waals surface area contributed by atoms with Crippen molar-refractivity contribution in [3.8, 4) is 0 Å². The zero-order valence-corrected chi connectivity index (χ0v) is 14.1. The Kier molecular flexibility index (Phi) is 5.64. The number of aromatic nitrogens is 2. The Morgan fingerprint density at radius 2 is 2.20 bits per heavy atom. The highest BCUT2D eigenvalue weighted by Gasteiger charge is 2.16. The number of halogens is 2. The van der Waals surface area contributed by atoms with Crippen molar-refractivity contribution in [1.29, 1.82) is 0 Å². The molecule has 1 atom stereocenters. The van der Waals surface area contributed by atoms with Gasteiger partial charge < -0.3 is 5.32 Å². The average Bonchev–Trinajstić information content (AvgIpc) is 2.89. The van der Waals surface area contributed by atoms with Crippen LogP contribution in [0.2, 0.25) is 5.02 Å². The van der Waals surface area contributed by atoms with Crippen molar-refractivity contribution in [2.45, 2.75) is 32.9 Å². The third kappa shape index (κ3) is 3.62. The number of hydrogen-bond acceptors (Lipinski definition) is 2. The minimum absolute atomic E-state index is 0.194. The highest BCUT2D eigenvalue weighted by Crippen LogP contribution is 2.31. The summed E-state index contributed by atoms with van der Waals surface area (Å²) >= 11 is 9.90. The van der Waals surface area contributed by atoms with Crippen molar-refractivity contribution in [1.82, 2.24) is 15.1 Å². The molecule has 0 radical (unpaired) electrons. The Morgan fingerprint density at radius 1 is 1.40 bits per heavy atom. The van der Waals surface area contributed by atoms with E-state index in [2.05, 4.69) is 52.5 Å². The van der Waals surface area contributed by atoms with Gasteiger partial charge in [-0.05, 0) is 53.0 Å². The molecule has 0 aliphatic rings. The summed E-state index contributed by atoms with van der Waals surface area (Å²) in [5, 5.41) is 8.61. The van der Waals surface area contributed by atoms with Crippen molar-refractivity contribution < 1.29 is 0 Å². The molecule has 0 aliphatic heterocycles. The Balaban J connectivity index is 2.24. The third-order valence-corrected chi connectivity index (χ3v) is 4.57. The van der Waals surface area contributed by atoms with Gasteiger partial charge in [0.05, 0.1) is 11.2 Å². The van der Waals surface area contributed by atoms with E-state index in [9.17, 15) is 0 Å². The second-order valence-electron chi connectivity index (χ2n) is 4.66. The highest BCUT2D eigenvalue weighted by molar-refractivity contribution is 9.10. The fourth-order valence-electron chi connectivity index (χ4n) is 2.25. The molecule has 1 aromatic heterocycles. The zero-order valence-electron chi connectivity index (χ0n) is 11.7. The van der Waals surface area contributed by atoms with E-state index in [0.717, 1.165) is 34.6 Å². The van der Waals surface area contributed by atoms with Crippen molar-refractivity contribution >= 4 is 27.5 Å².